The predicted octanol–water partition coefficient (Wildman–Crippen LogP) is 6.39. The minimum Gasteiger partial charge on any atom is -0.361 e. The van der Waals surface area contributed by atoms with Crippen molar-refractivity contribution in [2.45, 2.75) is 19.3 Å². The van der Waals surface area contributed by atoms with E-state index in [1.807, 2.05) is 103 Å². The summed E-state index contributed by atoms with van der Waals surface area (Å²) in [5.74, 6) is -0.0893. The molecule has 1 aromatic heterocycles. The predicted molar refractivity (Wildman–Crippen MR) is 138 cm³/mol. The number of rotatable bonds is 9. The maximum Gasteiger partial charge on any atom is 0.240 e. The van der Waals surface area contributed by atoms with Crippen LogP contribution in [0.3, 0.4) is 0 Å². The number of aromatic nitrogens is 1. The fourth-order valence-electron chi connectivity index (χ4n) is 3.58. The van der Waals surface area contributed by atoms with Gasteiger partial charge in [0.15, 0.2) is 0 Å². The molecule has 33 heavy (non-hydrogen) atoms. The Balaban J connectivity index is 1.37. The van der Waals surface area contributed by atoms with E-state index in [9.17, 15) is 4.79 Å². The number of carbonyl (C=O) groups excluding carboxylic acids is 1. The molecule has 0 spiro atoms. The largest absolute Gasteiger partial charge is 0.361 e. The molecule has 0 radical (unpaired) electrons. The van der Waals surface area contributed by atoms with E-state index < -0.39 is 0 Å². The van der Waals surface area contributed by atoms with E-state index in [0.29, 0.717) is 12.1 Å². The Bertz CT molecular complexity index is 1220. The summed E-state index contributed by atoms with van der Waals surface area (Å²) in [6, 6.07) is 28.3. The number of nitrogens with zero attached hydrogens (tertiary/aromatic N) is 1. The van der Waals surface area contributed by atoms with Crippen molar-refractivity contribution in [2.24, 2.45) is 5.10 Å². The highest BCUT2D eigenvalue weighted by Crippen LogP contribution is 2.19. The van der Waals surface area contributed by atoms with Gasteiger partial charge in [-0.05, 0) is 47.8 Å². The quantitative estimate of drug-likeness (QED) is 0.233. The van der Waals surface area contributed by atoms with Crippen molar-refractivity contribution in [1.29, 1.82) is 0 Å². The number of aryl methyl sites for hydroxylation is 1. The lowest BCUT2D eigenvalue weighted by atomic mass is 10.1. The number of hydrazone groups is 1. The molecule has 1 amide bonds. The average molecular weight is 434 g/mol. The number of benzene rings is 3. The fraction of sp³-hybridized carbons (Fsp3) is 0.103. The molecule has 164 valence electrons. The van der Waals surface area contributed by atoms with Gasteiger partial charge in [0.2, 0.25) is 5.91 Å². The molecule has 0 aliphatic heterocycles. The lowest BCUT2D eigenvalue weighted by Crippen LogP contribution is -2.18. The molecule has 0 aliphatic rings. The van der Waals surface area contributed by atoms with Crippen LogP contribution < -0.4 is 5.43 Å². The second kappa shape index (κ2) is 11.4. The van der Waals surface area contributed by atoms with Gasteiger partial charge in [0.1, 0.15) is 0 Å². The van der Waals surface area contributed by atoms with E-state index in [1.165, 1.54) is 10.9 Å². The Morgan fingerprint density at radius 3 is 2.09 bits per heavy atom. The zero-order valence-corrected chi connectivity index (χ0v) is 18.4. The zero-order valence-electron chi connectivity index (χ0n) is 18.4. The van der Waals surface area contributed by atoms with Crippen molar-refractivity contribution in [3.8, 4) is 0 Å². The standard InChI is InChI=1S/C29H27N3O/c33-29(17-9-14-25-22-30-28-16-8-7-15-27(25)28)32-31-26(20-18-23-10-3-1-4-11-23)21-19-24-12-5-2-6-13-24/h1-8,10-13,15-16,18-22,30H,9,14,17H2,(H,32,33). The first-order chi connectivity index (χ1) is 16.3. The summed E-state index contributed by atoms with van der Waals surface area (Å²) in [7, 11) is 0. The number of para-hydroxylation sites is 1. The van der Waals surface area contributed by atoms with Crippen molar-refractivity contribution in [2.75, 3.05) is 0 Å². The minimum absolute atomic E-state index is 0.0893. The van der Waals surface area contributed by atoms with Crippen molar-refractivity contribution >= 4 is 34.7 Å². The van der Waals surface area contributed by atoms with Crippen LogP contribution in [-0.4, -0.2) is 16.6 Å². The number of hydrogen-bond acceptors (Lipinski definition) is 2. The first-order valence-corrected chi connectivity index (χ1v) is 11.2. The zero-order chi connectivity index (χ0) is 22.7. The van der Waals surface area contributed by atoms with E-state index in [0.717, 1.165) is 29.5 Å². The fourth-order valence-corrected chi connectivity index (χ4v) is 3.58. The summed E-state index contributed by atoms with van der Waals surface area (Å²) >= 11 is 0. The Hall–Kier alpha value is -4.18. The number of amides is 1. The monoisotopic (exact) mass is 433 g/mol. The highest BCUT2D eigenvalue weighted by molar-refractivity contribution is 6.08. The molecule has 0 saturated heterocycles. The van der Waals surface area contributed by atoms with Crippen LogP contribution in [0.1, 0.15) is 29.5 Å². The molecule has 0 bridgehead atoms. The lowest BCUT2D eigenvalue weighted by molar-refractivity contribution is -0.121. The molecule has 0 saturated carbocycles. The van der Waals surface area contributed by atoms with Gasteiger partial charge in [0.25, 0.3) is 0 Å². The first-order valence-electron chi connectivity index (χ1n) is 11.2. The SMILES string of the molecule is O=C(CCCc1c[nH]c2ccccc12)NN=C(C=Cc1ccccc1)C=Cc1ccccc1. The van der Waals surface area contributed by atoms with Gasteiger partial charge in [-0.15, -0.1) is 0 Å². The topological polar surface area (TPSA) is 57.2 Å². The number of carbonyl (C=O) groups is 1. The summed E-state index contributed by atoms with van der Waals surface area (Å²) in [5, 5.41) is 5.57. The van der Waals surface area contributed by atoms with Gasteiger partial charge in [0, 0.05) is 23.5 Å². The molecule has 0 atom stereocenters. The minimum atomic E-state index is -0.0893. The van der Waals surface area contributed by atoms with Crippen molar-refractivity contribution in [1.82, 2.24) is 10.4 Å². The second-order valence-electron chi connectivity index (χ2n) is 7.77. The Kier molecular flexibility index (Phi) is 7.64. The van der Waals surface area contributed by atoms with Crippen LogP contribution in [0.2, 0.25) is 0 Å². The summed E-state index contributed by atoms with van der Waals surface area (Å²) in [4.78, 5) is 15.7. The van der Waals surface area contributed by atoms with Crippen LogP contribution in [0, 0.1) is 0 Å². The number of fused-ring (bicyclic) bond motifs is 1. The van der Waals surface area contributed by atoms with E-state index in [-0.39, 0.29) is 5.91 Å². The normalized spacial score (nSPS) is 11.3. The second-order valence-corrected chi connectivity index (χ2v) is 7.77. The molecule has 2 N–H and O–H groups in total. The van der Waals surface area contributed by atoms with Crippen molar-refractivity contribution in [3.63, 3.8) is 0 Å². The van der Waals surface area contributed by atoms with Crippen LogP contribution in [0.15, 0.2) is 108 Å². The molecule has 4 aromatic rings. The molecule has 0 unspecified atom stereocenters. The number of H-pyrrole nitrogens is 1. The molecule has 1 heterocycles. The third kappa shape index (κ3) is 6.65. The smallest absolute Gasteiger partial charge is 0.240 e. The van der Waals surface area contributed by atoms with Crippen molar-refractivity contribution in [3.05, 3.63) is 120 Å². The van der Waals surface area contributed by atoms with E-state index in [2.05, 4.69) is 27.6 Å². The van der Waals surface area contributed by atoms with Crippen LogP contribution in [0.5, 0.6) is 0 Å². The van der Waals surface area contributed by atoms with E-state index >= 15 is 0 Å². The van der Waals surface area contributed by atoms with Gasteiger partial charge in [-0.2, -0.15) is 5.10 Å². The average Bonchev–Trinajstić information content (AvgIpc) is 3.28. The Morgan fingerprint density at radius 2 is 1.42 bits per heavy atom. The van der Waals surface area contributed by atoms with Gasteiger partial charge in [0.05, 0.1) is 5.71 Å². The summed E-state index contributed by atoms with van der Waals surface area (Å²) in [6.45, 7) is 0. The lowest BCUT2D eigenvalue weighted by Gasteiger charge is -2.02. The van der Waals surface area contributed by atoms with Gasteiger partial charge < -0.3 is 4.98 Å². The summed E-state index contributed by atoms with van der Waals surface area (Å²) < 4.78 is 0. The Labute approximate surface area is 194 Å². The number of allylic oxidation sites excluding steroid dienone is 2. The maximum atomic E-state index is 12.4. The molecular weight excluding hydrogens is 406 g/mol. The van der Waals surface area contributed by atoms with Crippen LogP contribution in [-0.2, 0) is 11.2 Å². The highest BCUT2D eigenvalue weighted by atomic mass is 16.2. The molecule has 0 aliphatic carbocycles. The molecule has 4 nitrogen and oxygen atoms in total. The third-order valence-electron chi connectivity index (χ3n) is 5.33. The van der Waals surface area contributed by atoms with Gasteiger partial charge in [-0.1, -0.05) is 91.0 Å². The van der Waals surface area contributed by atoms with E-state index in [4.69, 9.17) is 0 Å². The molecule has 3 aromatic carbocycles. The maximum absolute atomic E-state index is 12.4. The molecule has 0 fully saturated rings. The van der Waals surface area contributed by atoms with Gasteiger partial charge >= 0.3 is 0 Å². The van der Waals surface area contributed by atoms with Crippen LogP contribution in [0.4, 0.5) is 0 Å². The summed E-state index contributed by atoms with van der Waals surface area (Å²) in [6.07, 6.45) is 11.8. The van der Waals surface area contributed by atoms with Gasteiger partial charge in [-0.25, -0.2) is 5.43 Å². The third-order valence-corrected chi connectivity index (χ3v) is 5.33. The number of aromatic amines is 1. The molecule has 4 rings (SSSR count). The summed E-state index contributed by atoms with van der Waals surface area (Å²) in [5.41, 5.74) is 7.89. The first kappa shape index (κ1) is 22.0. The van der Waals surface area contributed by atoms with Crippen LogP contribution >= 0.6 is 0 Å². The Morgan fingerprint density at radius 1 is 0.818 bits per heavy atom. The molecule has 4 heteroatoms. The number of hydrogen-bond donors (Lipinski definition) is 2. The van der Waals surface area contributed by atoms with Gasteiger partial charge in [-0.3, -0.25) is 4.79 Å². The van der Waals surface area contributed by atoms with Crippen molar-refractivity contribution < 1.29 is 4.79 Å². The molecular formula is C29H27N3O. The number of nitrogens with one attached hydrogen (secondary N) is 2. The highest BCUT2D eigenvalue weighted by Gasteiger charge is 2.05. The van der Waals surface area contributed by atoms with E-state index in [1.54, 1.807) is 0 Å². The van der Waals surface area contributed by atoms with Crippen LogP contribution in [0.25, 0.3) is 23.1 Å².